The van der Waals surface area contributed by atoms with Crippen LogP contribution in [0, 0.1) is 11.3 Å². The maximum atomic E-state index is 13.5. The molecule has 1 amide bonds. The first-order chi connectivity index (χ1) is 17.2. The molecule has 0 aliphatic carbocycles. The zero-order chi connectivity index (χ0) is 25.4. The van der Waals surface area contributed by atoms with E-state index in [1.54, 1.807) is 24.3 Å². The molecule has 4 aromatic rings. The quantitative estimate of drug-likeness (QED) is 0.458. The van der Waals surface area contributed by atoms with Gasteiger partial charge in [-0.15, -0.1) is 0 Å². The molecular formula is C25H16F3N5O3. The molecule has 1 N–H and O–H groups in total. The number of hydrogen-bond donors (Lipinski definition) is 1. The Morgan fingerprint density at radius 2 is 1.81 bits per heavy atom. The van der Waals surface area contributed by atoms with Crippen LogP contribution in [0.5, 0.6) is 5.88 Å². The molecule has 0 radical (unpaired) electrons. The van der Waals surface area contributed by atoms with Crippen LogP contribution in [0.4, 0.5) is 13.2 Å². The van der Waals surface area contributed by atoms with Crippen molar-refractivity contribution in [1.82, 2.24) is 19.0 Å². The third kappa shape index (κ3) is 2.90. The van der Waals surface area contributed by atoms with Crippen molar-refractivity contribution in [2.75, 3.05) is 6.54 Å². The minimum atomic E-state index is -4.71. The summed E-state index contributed by atoms with van der Waals surface area (Å²) in [5.74, 6) is -1.22. The van der Waals surface area contributed by atoms with E-state index in [-0.39, 0.29) is 23.6 Å². The minimum absolute atomic E-state index is 0.0401. The molecule has 36 heavy (non-hydrogen) atoms. The van der Waals surface area contributed by atoms with Crippen molar-refractivity contribution < 1.29 is 23.1 Å². The molecule has 11 heteroatoms. The molecule has 6 rings (SSSR count). The van der Waals surface area contributed by atoms with Crippen LogP contribution >= 0.6 is 0 Å². The third-order valence-electron chi connectivity index (χ3n) is 6.90. The Morgan fingerprint density at radius 1 is 1.11 bits per heavy atom. The molecule has 2 bridgehead atoms. The number of amides is 1. The summed E-state index contributed by atoms with van der Waals surface area (Å²) in [6.45, 7) is 0.0401. The number of fused-ring (bicyclic) bond motifs is 6. The molecule has 180 valence electrons. The van der Waals surface area contributed by atoms with Gasteiger partial charge in [0, 0.05) is 17.3 Å². The lowest BCUT2D eigenvalue weighted by molar-refractivity contribution is -0.138. The van der Waals surface area contributed by atoms with Crippen LogP contribution < -0.4 is 5.69 Å². The van der Waals surface area contributed by atoms with E-state index in [0.717, 1.165) is 16.7 Å². The fourth-order valence-corrected chi connectivity index (χ4v) is 5.40. The van der Waals surface area contributed by atoms with Gasteiger partial charge in [0.25, 0.3) is 5.91 Å². The summed E-state index contributed by atoms with van der Waals surface area (Å²) < 4.78 is 43.0. The Hall–Kier alpha value is -4.59. The summed E-state index contributed by atoms with van der Waals surface area (Å²) >= 11 is 0. The SMILES string of the molecule is N#Cc1ncc(-n2c(O)c3n(c2=O)[C@H]2C[C@@H]3N(C(=O)c3ccccc3C(F)(F)F)C2)c2ccccc12. The molecule has 2 atom stereocenters. The number of alkyl halides is 3. The van der Waals surface area contributed by atoms with Gasteiger partial charge in [0.1, 0.15) is 17.5 Å². The first-order valence-electron chi connectivity index (χ1n) is 11.0. The Balaban J connectivity index is 1.47. The highest BCUT2D eigenvalue weighted by molar-refractivity contribution is 5.97. The number of imidazole rings is 1. The number of benzene rings is 2. The molecule has 0 spiro atoms. The second kappa shape index (κ2) is 7.45. The average Bonchev–Trinajstić information content (AvgIpc) is 3.54. The van der Waals surface area contributed by atoms with Crippen LogP contribution in [0.25, 0.3) is 16.5 Å². The van der Waals surface area contributed by atoms with Gasteiger partial charge in [-0.3, -0.25) is 9.36 Å². The zero-order valence-corrected chi connectivity index (χ0v) is 18.4. The molecule has 8 nitrogen and oxygen atoms in total. The van der Waals surface area contributed by atoms with Crippen molar-refractivity contribution in [1.29, 1.82) is 5.26 Å². The molecule has 2 aliphatic rings. The highest BCUT2D eigenvalue weighted by Gasteiger charge is 2.50. The summed E-state index contributed by atoms with van der Waals surface area (Å²) in [6, 6.07) is 12.1. The van der Waals surface area contributed by atoms with Crippen LogP contribution in [-0.4, -0.2) is 36.6 Å². The normalized spacial score (nSPS) is 18.4. The third-order valence-corrected chi connectivity index (χ3v) is 6.90. The maximum absolute atomic E-state index is 13.5. The van der Waals surface area contributed by atoms with Gasteiger partial charge in [-0.2, -0.15) is 18.4 Å². The highest BCUT2D eigenvalue weighted by Crippen LogP contribution is 2.49. The summed E-state index contributed by atoms with van der Waals surface area (Å²) in [5.41, 5.74) is -1.47. The highest BCUT2D eigenvalue weighted by atomic mass is 19.4. The second-order valence-corrected chi connectivity index (χ2v) is 8.75. The van der Waals surface area contributed by atoms with Crippen molar-refractivity contribution >= 4 is 16.7 Å². The molecular weight excluding hydrogens is 475 g/mol. The number of likely N-dealkylation sites (tertiary alicyclic amines) is 1. The number of hydrogen-bond acceptors (Lipinski definition) is 5. The predicted molar refractivity (Wildman–Crippen MR) is 121 cm³/mol. The Morgan fingerprint density at radius 3 is 2.53 bits per heavy atom. The molecule has 2 aliphatic heterocycles. The van der Waals surface area contributed by atoms with Crippen LogP contribution in [0.1, 0.15) is 45.8 Å². The molecule has 1 fully saturated rings. The van der Waals surface area contributed by atoms with Crippen molar-refractivity contribution in [2.45, 2.75) is 24.7 Å². The van der Waals surface area contributed by atoms with Gasteiger partial charge in [-0.05, 0) is 18.6 Å². The number of rotatable bonds is 2. The van der Waals surface area contributed by atoms with Gasteiger partial charge in [0.05, 0.1) is 35.1 Å². The zero-order valence-electron chi connectivity index (χ0n) is 18.4. The second-order valence-electron chi connectivity index (χ2n) is 8.75. The van der Waals surface area contributed by atoms with Gasteiger partial charge in [0.2, 0.25) is 5.88 Å². The lowest BCUT2D eigenvalue weighted by atomic mass is 10.0. The van der Waals surface area contributed by atoms with E-state index >= 15 is 0 Å². The summed E-state index contributed by atoms with van der Waals surface area (Å²) in [5, 5.41) is 21.6. The molecule has 1 saturated heterocycles. The lowest BCUT2D eigenvalue weighted by Gasteiger charge is -2.28. The topological polar surface area (TPSA) is 104 Å². The standard InChI is InChI=1S/C25H16F3N5O3/c26-25(27,28)17-8-4-3-7-16(17)22(34)31-12-13-9-19(31)21-23(35)33(24(36)32(13)21)20-11-30-18(10-29)14-5-1-2-6-15(14)20/h1-8,11,13,19,35H,9,12H2/t13-,19-/m0/s1. The average molecular weight is 491 g/mol. The number of carbonyl (C=O) groups is 1. The number of aromatic nitrogens is 3. The number of pyridine rings is 1. The molecule has 2 aromatic heterocycles. The lowest BCUT2D eigenvalue weighted by Crippen LogP contribution is -2.38. The molecule has 0 unspecified atom stereocenters. The number of nitrogens with zero attached hydrogens (tertiary/aromatic N) is 5. The minimum Gasteiger partial charge on any atom is -0.493 e. The summed E-state index contributed by atoms with van der Waals surface area (Å²) in [4.78, 5) is 32.1. The number of nitriles is 1. The van der Waals surface area contributed by atoms with E-state index < -0.39 is 46.9 Å². The van der Waals surface area contributed by atoms with Gasteiger partial charge in [-0.1, -0.05) is 36.4 Å². The van der Waals surface area contributed by atoms with E-state index in [4.69, 9.17) is 0 Å². The van der Waals surface area contributed by atoms with Crippen LogP contribution in [0.3, 0.4) is 0 Å². The largest absolute Gasteiger partial charge is 0.493 e. The van der Waals surface area contributed by atoms with E-state index in [9.17, 15) is 33.1 Å². The van der Waals surface area contributed by atoms with Gasteiger partial charge >= 0.3 is 11.9 Å². The van der Waals surface area contributed by atoms with Crippen molar-refractivity contribution in [3.63, 3.8) is 0 Å². The molecule has 2 aromatic carbocycles. The van der Waals surface area contributed by atoms with Crippen molar-refractivity contribution in [2.24, 2.45) is 0 Å². The van der Waals surface area contributed by atoms with Gasteiger partial charge in [0.15, 0.2) is 0 Å². The summed E-state index contributed by atoms with van der Waals surface area (Å²) in [6.07, 6.45) is -3.07. The summed E-state index contributed by atoms with van der Waals surface area (Å²) in [7, 11) is 0. The van der Waals surface area contributed by atoms with Crippen molar-refractivity contribution in [3.8, 4) is 17.6 Å². The van der Waals surface area contributed by atoms with Crippen LogP contribution in [-0.2, 0) is 6.18 Å². The molecule has 0 saturated carbocycles. The Bertz CT molecular complexity index is 1680. The van der Waals surface area contributed by atoms with Crippen molar-refractivity contribution in [3.05, 3.63) is 87.7 Å². The fraction of sp³-hybridized carbons (Fsp3) is 0.200. The van der Waals surface area contributed by atoms with Gasteiger partial charge < -0.3 is 10.0 Å². The van der Waals surface area contributed by atoms with E-state index in [2.05, 4.69) is 4.98 Å². The van der Waals surface area contributed by atoms with Gasteiger partial charge in [-0.25, -0.2) is 14.3 Å². The first kappa shape index (κ1) is 21.9. The maximum Gasteiger partial charge on any atom is 0.417 e. The molecule has 4 heterocycles. The first-order valence-corrected chi connectivity index (χ1v) is 11.0. The number of halogens is 3. The number of aromatic hydroxyl groups is 1. The van der Waals surface area contributed by atoms with E-state index in [0.29, 0.717) is 17.2 Å². The Labute approximate surface area is 201 Å². The van der Waals surface area contributed by atoms with E-state index in [1.807, 2.05) is 6.07 Å². The fourth-order valence-electron chi connectivity index (χ4n) is 5.40. The van der Waals surface area contributed by atoms with Crippen LogP contribution in [0.2, 0.25) is 0 Å². The van der Waals surface area contributed by atoms with Crippen LogP contribution in [0.15, 0.2) is 59.5 Å². The predicted octanol–water partition coefficient (Wildman–Crippen LogP) is 3.93. The number of carbonyl (C=O) groups excluding carboxylic acids is 1. The monoisotopic (exact) mass is 491 g/mol. The Kier molecular flexibility index (Phi) is 4.54. The van der Waals surface area contributed by atoms with E-state index in [1.165, 1.54) is 27.8 Å². The smallest absolute Gasteiger partial charge is 0.417 e.